The fourth-order valence-electron chi connectivity index (χ4n) is 1.27. The van der Waals surface area contributed by atoms with Gasteiger partial charge in [-0.05, 0) is 24.6 Å². The van der Waals surface area contributed by atoms with Gasteiger partial charge in [-0.25, -0.2) is 9.97 Å². The van der Waals surface area contributed by atoms with Crippen LogP contribution < -0.4 is 5.32 Å². The van der Waals surface area contributed by atoms with Gasteiger partial charge in [0, 0.05) is 10.7 Å². The van der Waals surface area contributed by atoms with E-state index in [1.807, 2.05) is 31.2 Å². The first-order valence-corrected chi connectivity index (χ1v) is 5.32. The molecule has 0 unspecified atom stereocenters. The Morgan fingerprint density at radius 3 is 2.71 bits per heavy atom. The topological polar surface area (TPSA) is 61.6 Å². The van der Waals surface area contributed by atoms with Gasteiger partial charge in [0.1, 0.15) is 11.9 Å². The number of anilines is 2. The molecule has 0 atom stereocenters. The van der Waals surface area contributed by atoms with Gasteiger partial charge in [-0.15, -0.1) is 0 Å². The highest BCUT2D eigenvalue weighted by Crippen LogP contribution is 2.21. The van der Waals surface area contributed by atoms with Gasteiger partial charge in [-0.1, -0.05) is 17.7 Å². The molecule has 1 N–H and O–H groups in total. The fourth-order valence-corrected chi connectivity index (χ4v) is 1.45. The van der Waals surface area contributed by atoms with Gasteiger partial charge in [0.05, 0.1) is 12.4 Å². The van der Waals surface area contributed by atoms with Crippen LogP contribution >= 0.6 is 11.6 Å². The molecule has 0 fully saturated rings. The van der Waals surface area contributed by atoms with E-state index in [0.717, 1.165) is 11.3 Å². The average Bonchev–Trinajstić information content (AvgIpc) is 2.35. The number of aromatic nitrogens is 2. The second-order valence-electron chi connectivity index (χ2n) is 3.49. The smallest absolute Gasteiger partial charge is 0.158 e. The maximum atomic E-state index is 8.59. The Morgan fingerprint density at radius 1 is 1.29 bits per heavy atom. The molecule has 0 aliphatic heterocycles. The van der Waals surface area contributed by atoms with Crippen LogP contribution in [0, 0.1) is 18.3 Å². The molecule has 1 heterocycles. The van der Waals surface area contributed by atoms with Crippen molar-refractivity contribution in [3.63, 3.8) is 0 Å². The molecule has 84 valence electrons. The minimum atomic E-state index is 0.289. The van der Waals surface area contributed by atoms with Crippen molar-refractivity contribution in [2.45, 2.75) is 6.92 Å². The third kappa shape index (κ3) is 2.71. The van der Waals surface area contributed by atoms with Crippen molar-refractivity contribution in [1.82, 2.24) is 9.97 Å². The minimum Gasteiger partial charge on any atom is -0.339 e. The Kier molecular flexibility index (Phi) is 3.22. The number of nitriles is 1. The summed E-state index contributed by atoms with van der Waals surface area (Å²) < 4.78 is 0. The summed E-state index contributed by atoms with van der Waals surface area (Å²) in [6, 6.07) is 7.55. The van der Waals surface area contributed by atoms with E-state index in [9.17, 15) is 0 Å². The molecule has 0 saturated carbocycles. The van der Waals surface area contributed by atoms with E-state index in [2.05, 4.69) is 15.3 Å². The Bertz CT molecular complexity index is 572. The molecule has 0 radical (unpaired) electrons. The Labute approximate surface area is 104 Å². The van der Waals surface area contributed by atoms with Crippen LogP contribution in [-0.4, -0.2) is 9.97 Å². The summed E-state index contributed by atoms with van der Waals surface area (Å²) in [5.74, 6) is 0.573. The average molecular weight is 245 g/mol. The lowest BCUT2D eigenvalue weighted by atomic mass is 10.2. The summed E-state index contributed by atoms with van der Waals surface area (Å²) in [6.45, 7) is 1.94. The second kappa shape index (κ2) is 4.81. The molecule has 4 nitrogen and oxygen atoms in total. The van der Waals surface area contributed by atoms with Crippen LogP contribution in [0.5, 0.6) is 0 Å². The molecule has 0 aliphatic rings. The maximum Gasteiger partial charge on any atom is 0.158 e. The molecule has 5 heteroatoms. The molecule has 17 heavy (non-hydrogen) atoms. The van der Waals surface area contributed by atoms with Crippen LogP contribution in [-0.2, 0) is 0 Å². The van der Waals surface area contributed by atoms with Crippen molar-refractivity contribution >= 4 is 23.1 Å². The minimum absolute atomic E-state index is 0.289. The van der Waals surface area contributed by atoms with Gasteiger partial charge in [0.15, 0.2) is 5.69 Å². The maximum absolute atomic E-state index is 8.59. The monoisotopic (exact) mass is 244 g/mol. The molecular formula is C12H9ClN4. The van der Waals surface area contributed by atoms with Crippen molar-refractivity contribution < 1.29 is 0 Å². The predicted octanol–water partition coefficient (Wildman–Crippen LogP) is 3.05. The molecular weight excluding hydrogens is 236 g/mol. The largest absolute Gasteiger partial charge is 0.339 e. The van der Waals surface area contributed by atoms with Crippen molar-refractivity contribution in [2.24, 2.45) is 0 Å². The van der Waals surface area contributed by atoms with E-state index in [1.165, 1.54) is 12.4 Å². The van der Waals surface area contributed by atoms with Gasteiger partial charge < -0.3 is 5.32 Å². The number of benzene rings is 1. The van der Waals surface area contributed by atoms with Gasteiger partial charge in [0.2, 0.25) is 0 Å². The lowest BCUT2D eigenvalue weighted by Crippen LogP contribution is -1.95. The number of hydrogen-bond acceptors (Lipinski definition) is 4. The molecule has 0 spiro atoms. The van der Waals surface area contributed by atoms with Crippen LogP contribution in [0.4, 0.5) is 11.5 Å². The summed E-state index contributed by atoms with van der Waals surface area (Å²) in [5, 5.41) is 12.3. The highest BCUT2D eigenvalue weighted by atomic mass is 35.5. The quantitative estimate of drug-likeness (QED) is 0.882. The Hall–Kier alpha value is -2.12. The fraction of sp³-hybridized carbons (Fsp3) is 0.0833. The Balaban J connectivity index is 2.20. The summed E-state index contributed by atoms with van der Waals surface area (Å²) in [4.78, 5) is 7.97. The van der Waals surface area contributed by atoms with Gasteiger partial charge in [-0.2, -0.15) is 5.26 Å². The molecule has 1 aromatic carbocycles. The zero-order chi connectivity index (χ0) is 12.3. The van der Waals surface area contributed by atoms with Crippen molar-refractivity contribution in [3.8, 4) is 6.07 Å². The van der Waals surface area contributed by atoms with Gasteiger partial charge >= 0.3 is 0 Å². The van der Waals surface area contributed by atoms with E-state index in [-0.39, 0.29) is 5.69 Å². The zero-order valence-electron chi connectivity index (χ0n) is 9.11. The van der Waals surface area contributed by atoms with E-state index in [0.29, 0.717) is 10.8 Å². The van der Waals surface area contributed by atoms with Gasteiger partial charge in [0.25, 0.3) is 0 Å². The second-order valence-corrected chi connectivity index (χ2v) is 3.89. The molecule has 1 aromatic heterocycles. The molecule has 2 aromatic rings. The van der Waals surface area contributed by atoms with E-state index < -0.39 is 0 Å². The van der Waals surface area contributed by atoms with E-state index >= 15 is 0 Å². The summed E-state index contributed by atoms with van der Waals surface area (Å²) in [5.41, 5.74) is 2.14. The first kappa shape index (κ1) is 11.4. The molecule has 0 bridgehead atoms. The lowest BCUT2D eigenvalue weighted by Gasteiger charge is -2.06. The molecule has 0 saturated heterocycles. The highest BCUT2D eigenvalue weighted by molar-refractivity contribution is 6.31. The van der Waals surface area contributed by atoms with Crippen LogP contribution in [0.2, 0.25) is 5.02 Å². The van der Waals surface area contributed by atoms with Crippen molar-refractivity contribution in [3.05, 3.63) is 46.9 Å². The third-order valence-corrected chi connectivity index (χ3v) is 2.62. The normalized spacial score (nSPS) is 9.71. The number of hydrogen-bond donors (Lipinski definition) is 1. The molecule has 0 amide bonds. The number of aryl methyl sites for hydroxylation is 1. The van der Waals surface area contributed by atoms with Gasteiger partial charge in [-0.3, -0.25) is 0 Å². The van der Waals surface area contributed by atoms with Crippen molar-refractivity contribution in [2.75, 3.05) is 5.32 Å². The van der Waals surface area contributed by atoms with Crippen molar-refractivity contribution in [1.29, 1.82) is 5.26 Å². The zero-order valence-corrected chi connectivity index (χ0v) is 9.86. The lowest BCUT2D eigenvalue weighted by molar-refractivity contribution is 1.16. The van der Waals surface area contributed by atoms with Crippen LogP contribution in [0.3, 0.4) is 0 Å². The summed E-state index contributed by atoms with van der Waals surface area (Å²) in [7, 11) is 0. The molecule has 2 rings (SSSR count). The number of halogens is 1. The van der Waals surface area contributed by atoms with Crippen LogP contribution in [0.1, 0.15) is 11.3 Å². The van der Waals surface area contributed by atoms with E-state index in [1.54, 1.807) is 0 Å². The Morgan fingerprint density at radius 2 is 2.12 bits per heavy atom. The van der Waals surface area contributed by atoms with Crippen LogP contribution in [0.25, 0.3) is 0 Å². The highest BCUT2D eigenvalue weighted by Gasteiger charge is 2.00. The third-order valence-electron chi connectivity index (χ3n) is 2.21. The molecule has 0 aliphatic carbocycles. The SMILES string of the molecule is Cc1ccc(Nc2cnc(C#N)cn2)cc1Cl. The summed E-state index contributed by atoms with van der Waals surface area (Å²) >= 11 is 6.01. The number of nitrogens with zero attached hydrogens (tertiary/aromatic N) is 3. The first-order chi connectivity index (χ1) is 8.19. The van der Waals surface area contributed by atoms with Crippen LogP contribution in [0.15, 0.2) is 30.6 Å². The summed E-state index contributed by atoms with van der Waals surface area (Å²) in [6.07, 6.45) is 2.92. The predicted molar refractivity (Wildman–Crippen MR) is 66.2 cm³/mol. The van der Waals surface area contributed by atoms with E-state index in [4.69, 9.17) is 16.9 Å². The standard InChI is InChI=1S/C12H9ClN4/c1-8-2-3-9(4-11(8)13)17-12-7-15-10(5-14)6-16-12/h2-4,6-7H,1H3,(H,16,17). The number of nitrogens with one attached hydrogen (secondary N) is 1. The number of rotatable bonds is 2. The first-order valence-electron chi connectivity index (χ1n) is 4.94.